The predicted molar refractivity (Wildman–Crippen MR) is 131 cm³/mol. The summed E-state index contributed by atoms with van der Waals surface area (Å²) in [6.07, 6.45) is 3.54. The number of hydrogen-bond donors (Lipinski definition) is 0. The molecule has 161 valence electrons. The van der Waals surface area contributed by atoms with Gasteiger partial charge >= 0.3 is 119 Å². The van der Waals surface area contributed by atoms with Crippen LogP contribution < -0.4 is 13.1 Å². The summed E-state index contributed by atoms with van der Waals surface area (Å²) in [5.74, 6) is 0. The van der Waals surface area contributed by atoms with E-state index in [1.807, 2.05) is 36.4 Å². The van der Waals surface area contributed by atoms with Crippen LogP contribution in [-0.4, -0.2) is 24.6 Å². The average Bonchev–Trinajstić information content (AvgIpc) is 2.88. The Labute approximate surface area is 210 Å². The number of aromatic nitrogens is 2. The van der Waals surface area contributed by atoms with Gasteiger partial charge in [-0.25, -0.2) is 0 Å². The Morgan fingerprint density at radius 1 is 0.375 bits per heavy atom. The zero-order chi connectivity index (χ0) is 21.1. The van der Waals surface area contributed by atoms with Gasteiger partial charge < -0.3 is 0 Å². The minimum atomic E-state index is -1.39. The first-order valence-corrected chi connectivity index (χ1v) is 13.0. The average molecular weight is 659 g/mol. The van der Waals surface area contributed by atoms with E-state index in [0.29, 0.717) is 0 Å². The van der Waals surface area contributed by atoms with Gasteiger partial charge in [0.05, 0.1) is 11.4 Å². The van der Waals surface area contributed by atoms with Crippen LogP contribution in [0.4, 0.5) is 0 Å². The molecular weight excluding hydrogens is 636 g/mol. The summed E-state index contributed by atoms with van der Waals surface area (Å²) < 4.78 is 4.44. The van der Waals surface area contributed by atoms with Crippen LogP contribution in [0.1, 0.15) is 0 Å². The summed E-state index contributed by atoms with van der Waals surface area (Å²) in [6, 6.07) is 44.3. The third-order valence-corrected chi connectivity index (χ3v) is 9.76. The maximum atomic E-state index is 4.19. The molecule has 0 saturated carbocycles. The molecule has 0 fully saturated rings. The Morgan fingerprint density at radius 3 is 0.969 bits per heavy atom. The molecule has 3 aromatic carbocycles. The Morgan fingerprint density at radius 2 is 0.688 bits per heavy atom. The van der Waals surface area contributed by atoms with Crippen LogP contribution in [0.15, 0.2) is 140 Å². The van der Waals surface area contributed by atoms with Crippen LogP contribution in [0, 0.1) is 0 Å². The summed E-state index contributed by atoms with van der Waals surface area (Å²) in [5, 5.41) is 0. The van der Waals surface area contributed by atoms with E-state index in [2.05, 4.69) is 101 Å². The molecule has 2 aromatic heterocycles. The Kier molecular flexibility index (Phi) is 9.68. The van der Waals surface area contributed by atoms with Gasteiger partial charge in [0, 0.05) is 34.8 Å². The topological polar surface area (TPSA) is 25.8 Å². The number of rotatable bonds is 4. The van der Waals surface area contributed by atoms with Gasteiger partial charge in [0.25, 0.3) is 0 Å². The van der Waals surface area contributed by atoms with Crippen molar-refractivity contribution in [3.05, 3.63) is 140 Å². The Bertz CT molecular complexity index is 1030. The van der Waals surface area contributed by atoms with Gasteiger partial charge in [0.15, 0.2) is 0 Å². The molecule has 0 saturated heterocycles. The maximum absolute atomic E-state index is 4.19. The van der Waals surface area contributed by atoms with Crippen LogP contribution in [0.3, 0.4) is 0 Å². The number of benzene rings is 3. The Hall–Kier alpha value is -2.74. The quantitative estimate of drug-likeness (QED) is 0.269. The van der Waals surface area contributed by atoms with E-state index < -0.39 is 14.7 Å². The summed E-state index contributed by atoms with van der Waals surface area (Å²) in [7, 11) is 0. The molecule has 0 amide bonds. The molecular formula is C28H23AsAuN2. The van der Waals surface area contributed by atoms with Gasteiger partial charge in [0.1, 0.15) is 0 Å². The molecule has 0 spiro atoms. The minimum absolute atomic E-state index is 0. The van der Waals surface area contributed by atoms with E-state index in [1.165, 1.54) is 13.1 Å². The first-order valence-electron chi connectivity index (χ1n) is 10.2. The van der Waals surface area contributed by atoms with Crippen molar-refractivity contribution in [3.8, 4) is 11.4 Å². The third kappa shape index (κ3) is 6.63. The standard InChI is InChI=1S/C18H15As.C10H8N2.Au/c1-4-10-16(11-5-1)19(17-12-6-2-7-13-17)18-14-8-3-9-15-18;1-3-7-11-9(5-1)10-6-2-4-8-12-10;/h1-15H;1-8H;. The zero-order valence-electron chi connectivity index (χ0n) is 17.4. The first-order chi connectivity index (χ1) is 15.4. The number of hydrogen-bond acceptors (Lipinski definition) is 2. The zero-order valence-corrected chi connectivity index (χ0v) is 21.5. The van der Waals surface area contributed by atoms with Crippen LogP contribution in [-0.2, 0) is 22.4 Å². The summed E-state index contributed by atoms with van der Waals surface area (Å²) in [6.45, 7) is 0. The summed E-state index contributed by atoms with van der Waals surface area (Å²) >= 11 is -1.39. The van der Waals surface area contributed by atoms with E-state index >= 15 is 0 Å². The van der Waals surface area contributed by atoms with Crippen LogP contribution in [0.25, 0.3) is 11.4 Å². The molecule has 0 N–H and O–H groups in total. The second kappa shape index (κ2) is 13.0. The number of nitrogens with zero attached hydrogens (tertiary/aromatic N) is 2. The summed E-state index contributed by atoms with van der Waals surface area (Å²) in [5.41, 5.74) is 1.83. The van der Waals surface area contributed by atoms with E-state index in [1.54, 1.807) is 12.4 Å². The van der Waals surface area contributed by atoms with Crippen LogP contribution >= 0.6 is 0 Å². The monoisotopic (exact) mass is 659 g/mol. The molecule has 0 atom stereocenters. The van der Waals surface area contributed by atoms with E-state index in [0.717, 1.165) is 11.4 Å². The van der Waals surface area contributed by atoms with Crippen molar-refractivity contribution in [2.45, 2.75) is 0 Å². The van der Waals surface area contributed by atoms with Crippen molar-refractivity contribution in [2.75, 3.05) is 0 Å². The van der Waals surface area contributed by atoms with E-state index in [9.17, 15) is 0 Å². The first kappa shape index (κ1) is 23.9. The summed E-state index contributed by atoms with van der Waals surface area (Å²) in [4.78, 5) is 8.37. The fourth-order valence-electron chi connectivity index (χ4n) is 3.21. The van der Waals surface area contributed by atoms with Crippen molar-refractivity contribution >= 4 is 27.7 Å². The normalized spacial score (nSPS) is 9.91. The molecule has 0 aliphatic rings. The van der Waals surface area contributed by atoms with Gasteiger partial charge in [-0.2, -0.15) is 0 Å². The van der Waals surface area contributed by atoms with Crippen LogP contribution in [0.5, 0.6) is 0 Å². The van der Waals surface area contributed by atoms with Gasteiger partial charge in [0.2, 0.25) is 0 Å². The molecule has 2 nitrogen and oxygen atoms in total. The van der Waals surface area contributed by atoms with Crippen molar-refractivity contribution in [1.29, 1.82) is 0 Å². The van der Waals surface area contributed by atoms with Crippen LogP contribution in [0.2, 0.25) is 0 Å². The molecule has 2 heterocycles. The third-order valence-electron chi connectivity index (χ3n) is 4.64. The molecule has 5 rings (SSSR count). The van der Waals surface area contributed by atoms with Gasteiger partial charge in [-0.1, -0.05) is 12.1 Å². The molecule has 0 unspecified atom stereocenters. The van der Waals surface area contributed by atoms with E-state index in [-0.39, 0.29) is 22.4 Å². The number of pyridine rings is 2. The van der Waals surface area contributed by atoms with Crippen molar-refractivity contribution in [1.82, 2.24) is 9.97 Å². The molecule has 1 radical (unpaired) electrons. The second-order valence-corrected chi connectivity index (χ2v) is 11.4. The van der Waals surface area contributed by atoms with Gasteiger partial charge in [-0.05, 0) is 24.3 Å². The second-order valence-electron chi connectivity index (χ2n) is 6.77. The fourth-order valence-corrected chi connectivity index (χ4v) is 8.04. The Balaban J connectivity index is 0.000000193. The molecule has 0 aliphatic carbocycles. The molecule has 0 aliphatic heterocycles. The van der Waals surface area contributed by atoms with E-state index in [4.69, 9.17) is 0 Å². The fraction of sp³-hybridized carbons (Fsp3) is 0. The van der Waals surface area contributed by atoms with Crippen molar-refractivity contribution in [2.24, 2.45) is 0 Å². The molecule has 32 heavy (non-hydrogen) atoms. The van der Waals surface area contributed by atoms with Gasteiger partial charge in [-0.15, -0.1) is 0 Å². The molecule has 5 aromatic rings. The van der Waals surface area contributed by atoms with Crippen molar-refractivity contribution < 1.29 is 22.4 Å². The molecule has 4 heteroatoms. The van der Waals surface area contributed by atoms with Gasteiger partial charge in [-0.3, -0.25) is 9.97 Å². The van der Waals surface area contributed by atoms with Crippen molar-refractivity contribution in [3.63, 3.8) is 0 Å². The molecule has 0 bridgehead atoms. The SMILES string of the molecule is [Au].c1ccc(-c2ccccn2)nc1.c1ccc([As](c2ccccc2)c2ccccc2)cc1. The predicted octanol–water partition coefficient (Wildman–Crippen LogP) is 4.34.